The molecule has 1 fully saturated rings. The van der Waals surface area contributed by atoms with Crippen molar-refractivity contribution >= 4 is 58.6 Å². The smallest absolute Gasteiger partial charge is 0.252 e. The van der Waals surface area contributed by atoms with Crippen molar-refractivity contribution in [2.45, 2.75) is 64.2 Å². The van der Waals surface area contributed by atoms with Gasteiger partial charge >= 0.3 is 0 Å². The van der Waals surface area contributed by atoms with Gasteiger partial charge in [-0.05, 0) is 43.4 Å². The molecule has 0 unspecified atom stereocenters. The van der Waals surface area contributed by atoms with Gasteiger partial charge in [0.2, 0.25) is 29.5 Å². The van der Waals surface area contributed by atoms with Gasteiger partial charge in [0.25, 0.3) is 5.91 Å². The lowest BCUT2D eigenvalue weighted by Crippen LogP contribution is -2.59. The summed E-state index contributed by atoms with van der Waals surface area (Å²) in [7, 11) is 2.83. The standard InChI is InChI=1S/C33H42Cl2N6O7/c1-18(2)27-32(46)37-19(3)29(43)39-25(14-20-10-7-6-8-11-20)33(47)41(4)17-26(42)36-13-9-12-24(31(45)40-27)38-30(44)21-15-22(34)28(48-5)23(35)16-21/h6-8,10-11,15-16,18-19,24-25,27H,9,12-14,17H2,1-5H3,(H,36,42)(H,37,46)(H,38,44)(H,39,43)(H,40,45)/t19-,24+,25+,27-/m1/s1. The molecule has 13 nitrogen and oxygen atoms in total. The first-order chi connectivity index (χ1) is 22.7. The molecule has 2 aromatic carbocycles. The quantitative estimate of drug-likeness (QED) is 0.305. The monoisotopic (exact) mass is 704 g/mol. The molecule has 1 saturated heterocycles. The highest BCUT2D eigenvalue weighted by atomic mass is 35.5. The summed E-state index contributed by atoms with van der Waals surface area (Å²) in [5, 5.41) is 13.6. The Balaban J connectivity index is 1.87. The second-order valence-electron chi connectivity index (χ2n) is 11.9. The van der Waals surface area contributed by atoms with Crippen LogP contribution in [0.15, 0.2) is 42.5 Å². The van der Waals surface area contributed by atoms with Crippen LogP contribution in [0.3, 0.4) is 0 Å². The van der Waals surface area contributed by atoms with E-state index in [0.717, 1.165) is 5.56 Å². The van der Waals surface area contributed by atoms with Gasteiger partial charge in [-0.3, -0.25) is 28.8 Å². The second-order valence-corrected chi connectivity index (χ2v) is 12.7. The Morgan fingerprint density at radius 3 is 2.23 bits per heavy atom. The summed E-state index contributed by atoms with van der Waals surface area (Å²) < 4.78 is 5.14. The summed E-state index contributed by atoms with van der Waals surface area (Å²) >= 11 is 12.4. The van der Waals surface area contributed by atoms with Crippen LogP contribution in [-0.4, -0.2) is 91.8 Å². The van der Waals surface area contributed by atoms with E-state index in [1.54, 1.807) is 13.8 Å². The van der Waals surface area contributed by atoms with E-state index in [4.69, 9.17) is 27.9 Å². The topological polar surface area (TPSA) is 175 Å². The molecular formula is C33H42Cl2N6O7. The van der Waals surface area contributed by atoms with Crippen molar-refractivity contribution in [1.29, 1.82) is 0 Å². The Morgan fingerprint density at radius 1 is 0.979 bits per heavy atom. The Morgan fingerprint density at radius 2 is 1.62 bits per heavy atom. The van der Waals surface area contributed by atoms with Gasteiger partial charge < -0.3 is 36.2 Å². The van der Waals surface area contributed by atoms with Crippen LogP contribution in [0.2, 0.25) is 10.0 Å². The third-order valence-corrected chi connectivity index (χ3v) is 8.29. The molecule has 1 aliphatic heterocycles. The van der Waals surface area contributed by atoms with Crippen LogP contribution >= 0.6 is 23.2 Å². The zero-order valence-electron chi connectivity index (χ0n) is 27.5. The van der Waals surface area contributed by atoms with E-state index in [-0.39, 0.29) is 53.7 Å². The largest absolute Gasteiger partial charge is 0.494 e. The summed E-state index contributed by atoms with van der Waals surface area (Å²) in [6.45, 7) is 4.73. The van der Waals surface area contributed by atoms with E-state index < -0.39 is 65.5 Å². The molecule has 1 aliphatic rings. The predicted octanol–water partition coefficient (Wildman–Crippen LogP) is 1.84. The molecule has 0 radical (unpaired) electrons. The zero-order chi connectivity index (χ0) is 35.5. The average Bonchev–Trinajstić information content (AvgIpc) is 3.03. The van der Waals surface area contributed by atoms with Gasteiger partial charge in [0.15, 0.2) is 5.75 Å². The molecule has 15 heteroatoms. The van der Waals surface area contributed by atoms with E-state index in [2.05, 4.69) is 26.6 Å². The van der Waals surface area contributed by atoms with Gasteiger partial charge in [0, 0.05) is 25.6 Å². The highest BCUT2D eigenvalue weighted by Crippen LogP contribution is 2.33. The van der Waals surface area contributed by atoms with Crippen molar-refractivity contribution in [2.75, 3.05) is 27.2 Å². The van der Waals surface area contributed by atoms with Gasteiger partial charge in [-0.25, -0.2) is 0 Å². The Bertz CT molecular complexity index is 1480. The number of hydrogen-bond donors (Lipinski definition) is 5. The number of ether oxygens (including phenoxy) is 1. The van der Waals surface area contributed by atoms with Crippen molar-refractivity contribution in [3.63, 3.8) is 0 Å². The molecule has 0 bridgehead atoms. The van der Waals surface area contributed by atoms with Crippen LogP contribution in [0.4, 0.5) is 0 Å². The SMILES string of the molecule is COc1c(Cl)cc(C(=O)N[C@H]2CCCNC(=O)CN(C)C(=O)[C@H](Cc3ccccc3)NC(=O)[C@@H](C)NC(=O)[C@@H](C(C)C)NC2=O)cc1Cl. The van der Waals surface area contributed by atoms with Crippen LogP contribution in [0.5, 0.6) is 5.75 Å². The average molecular weight is 706 g/mol. The van der Waals surface area contributed by atoms with Crippen LogP contribution in [0.1, 0.15) is 49.5 Å². The third-order valence-electron chi connectivity index (χ3n) is 7.73. The van der Waals surface area contributed by atoms with Crippen molar-refractivity contribution in [1.82, 2.24) is 31.5 Å². The van der Waals surface area contributed by atoms with Crippen LogP contribution in [0, 0.1) is 5.92 Å². The number of carbonyl (C=O) groups is 6. The lowest BCUT2D eigenvalue weighted by atomic mass is 10.0. The molecule has 6 amide bonds. The molecule has 3 rings (SSSR count). The molecular weight excluding hydrogens is 663 g/mol. The normalized spacial score (nSPS) is 22.1. The molecule has 0 spiro atoms. The number of halogens is 2. The number of amides is 6. The number of nitrogens with zero attached hydrogens (tertiary/aromatic N) is 1. The number of rotatable bonds is 6. The molecule has 1 heterocycles. The second kappa shape index (κ2) is 17.7. The minimum absolute atomic E-state index is 0.0719. The van der Waals surface area contributed by atoms with Gasteiger partial charge in [0.05, 0.1) is 23.7 Å². The van der Waals surface area contributed by atoms with E-state index in [9.17, 15) is 28.8 Å². The zero-order valence-corrected chi connectivity index (χ0v) is 29.0. The minimum atomic E-state index is -1.13. The number of nitrogens with one attached hydrogen (secondary N) is 5. The van der Waals surface area contributed by atoms with Crippen molar-refractivity contribution in [3.05, 3.63) is 63.6 Å². The molecule has 0 aromatic heterocycles. The summed E-state index contributed by atoms with van der Waals surface area (Å²) in [4.78, 5) is 80.9. The van der Waals surface area contributed by atoms with E-state index >= 15 is 0 Å². The molecule has 0 saturated carbocycles. The first kappa shape index (κ1) is 38.1. The Labute approximate surface area is 289 Å². The first-order valence-electron chi connectivity index (χ1n) is 15.5. The van der Waals surface area contributed by atoms with E-state index in [0.29, 0.717) is 0 Å². The number of likely N-dealkylation sites (N-methyl/N-ethyl adjacent to an activating group) is 1. The summed E-state index contributed by atoms with van der Waals surface area (Å²) in [5.41, 5.74) is 0.859. The molecule has 260 valence electrons. The lowest BCUT2D eigenvalue weighted by molar-refractivity contribution is -0.139. The molecule has 5 N–H and O–H groups in total. The number of hydrogen-bond acceptors (Lipinski definition) is 7. The molecule has 48 heavy (non-hydrogen) atoms. The number of methoxy groups -OCH3 is 1. The van der Waals surface area contributed by atoms with Gasteiger partial charge in [0.1, 0.15) is 24.2 Å². The maximum absolute atomic E-state index is 13.6. The van der Waals surface area contributed by atoms with Crippen LogP contribution in [-0.2, 0) is 30.4 Å². The Kier molecular flexibility index (Phi) is 14.0. The highest BCUT2D eigenvalue weighted by molar-refractivity contribution is 6.37. The number of benzene rings is 2. The predicted molar refractivity (Wildman–Crippen MR) is 181 cm³/mol. The minimum Gasteiger partial charge on any atom is -0.494 e. The fourth-order valence-electron chi connectivity index (χ4n) is 5.05. The van der Waals surface area contributed by atoms with Crippen molar-refractivity contribution in [2.24, 2.45) is 5.92 Å². The number of carbonyl (C=O) groups excluding carboxylic acids is 6. The van der Waals surface area contributed by atoms with Gasteiger partial charge in [-0.15, -0.1) is 0 Å². The van der Waals surface area contributed by atoms with Crippen molar-refractivity contribution < 1.29 is 33.5 Å². The third kappa shape index (κ3) is 10.6. The lowest BCUT2D eigenvalue weighted by Gasteiger charge is -2.28. The summed E-state index contributed by atoms with van der Waals surface area (Å²) in [5.74, 6) is -3.74. The molecule has 2 aromatic rings. The van der Waals surface area contributed by atoms with Crippen LogP contribution < -0.4 is 31.3 Å². The summed E-state index contributed by atoms with van der Waals surface area (Å²) in [6.07, 6.45) is 0.494. The maximum Gasteiger partial charge on any atom is 0.252 e. The van der Waals surface area contributed by atoms with E-state index in [1.807, 2.05) is 30.3 Å². The Hall–Kier alpha value is -4.36. The van der Waals surface area contributed by atoms with E-state index in [1.165, 1.54) is 38.1 Å². The van der Waals surface area contributed by atoms with Gasteiger partial charge in [-0.1, -0.05) is 67.4 Å². The first-order valence-corrected chi connectivity index (χ1v) is 16.3. The molecule has 0 aliphatic carbocycles. The highest BCUT2D eigenvalue weighted by Gasteiger charge is 2.32. The fraction of sp³-hybridized carbons (Fsp3) is 0.455. The molecule has 4 atom stereocenters. The summed E-state index contributed by atoms with van der Waals surface area (Å²) in [6, 6.07) is 7.45. The van der Waals surface area contributed by atoms with Crippen molar-refractivity contribution in [3.8, 4) is 5.75 Å². The van der Waals surface area contributed by atoms with Gasteiger partial charge in [-0.2, -0.15) is 0 Å². The fourth-order valence-corrected chi connectivity index (χ4v) is 5.69. The maximum atomic E-state index is 13.6. The van der Waals surface area contributed by atoms with Crippen LogP contribution in [0.25, 0.3) is 0 Å².